The molecule has 0 bridgehead atoms. The van der Waals surface area contributed by atoms with E-state index in [1.54, 1.807) is 11.3 Å². The second-order valence-electron chi connectivity index (χ2n) is 5.32. The summed E-state index contributed by atoms with van der Waals surface area (Å²) < 4.78 is 0. The molecule has 0 amide bonds. The van der Waals surface area contributed by atoms with Crippen LogP contribution < -0.4 is 5.32 Å². The fourth-order valence-corrected chi connectivity index (χ4v) is 3.42. The molecule has 1 aromatic rings. The lowest BCUT2D eigenvalue weighted by molar-refractivity contribution is 0.0635. The number of aromatic nitrogens is 1. The van der Waals surface area contributed by atoms with Gasteiger partial charge >= 0.3 is 0 Å². The largest absolute Gasteiger partial charge is 0.308 e. The van der Waals surface area contributed by atoms with Gasteiger partial charge in [-0.25, -0.2) is 4.98 Å². The van der Waals surface area contributed by atoms with Crippen molar-refractivity contribution in [3.63, 3.8) is 0 Å². The molecule has 2 rings (SSSR count). The monoisotopic (exact) mass is 267 g/mol. The predicted octanol–water partition coefficient (Wildman–Crippen LogP) is 2.89. The maximum Gasteiger partial charge on any atom is 0.0795 e. The summed E-state index contributed by atoms with van der Waals surface area (Å²) in [5.74, 6) is 0. The molecule has 3 nitrogen and oxygen atoms in total. The topological polar surface area (TPSA) is 28.2 Å². The van der Waals surface area contributed by atoms with Gasteiger partial charge in [0, 0.05) is 36.6 Å². The Balaban J connectivity index is 2.07. The second-order valence-corrected chi connectivity index (χ2v) is 6.03. The zero-order valence-electron chi connectivity index (χ0n) is 11.8. The van der Waals surface area contributed by atoms with Crippen molar-refractivity contribution in [2.75, 3.05) is 13.1 Å². The van der Waals surface area contributed by atoms with E-state index in [0.29, 0.717) is 11.6 Å². The molecule has 1 unspecified atom stereocenters. The number of hydrogen-bond donors (Lipinski definition) is 1. The Morgan fingerprint density at radius 3 is 2.78 bits per heavy atom. The van der Waals surface area contributed by atoms with Crippen LogP contribution in [0.1, 0.15) is 45.7 Å². The van der Waals surface area contributed by atoms with Crippen molar-refractivity contribution < 1.29 is 0 Å². The van der Waals surface area contributed by atoms with E-state index < -0.39 is 0 Å². The van der Waals surface area contributed by atoms with Crippen molar-refractivity contribution >= 4 is 11.3 Å². The lowest BCUT2D eigenvalue weighted by Crippen LogP contribution is -2.63. The summed E-state index contributed by atoms with van der Waals surface area (Å²) in [5.41, 5.74) is 3.47. The van der Waals surface area contributed by atoms with Gasteiger partial charge in [-0.1, -0.05) is 20.8 Å². The van der Waals surface area contributed by atoms with Gasteiger partial charge in [-0.2, -0.15) is 0 Å². The van der Waals surface area contributed by atoms with Gasteiger partial charge in [0.25, 0.3) is 0 Å². The minimum absolute atomic E-state index is 0.307. The van der Waals surface area contributed by atoms with Crippen LogP contribution in [-0.4, -0.2) is 34.6 Å². The molecule has 1 N–H and O–H groups in total. The summed E-state index contributed by atoms with van der Waals surface area (Å²) in [4.78, 5) is 7.06. The molecule has 1 aliphatic rings. The summed E-state index contributed by atoms with van der Waals surface area (Å²) in [6.07, 6.45) is 3.61. The lowest BCUT2D eigenvalue weighted by Gasteiger charge is -2.47. The molecule has 1 saturated heterocycles. The Morgan fingerprint density at radius 1 is 1.44 bits per heavy atom. The second kappa shape index (κ2) is 6.13. The van der Waals surface area contributed by atoms with Gasteiger partial charge < -0.3 is 5.32 Å². The average Bonchev–Trinajstić information content (AvgIpc) is 2.91. The molecule has 1 atom stereocenters. The summed E-state index contributed by atoms with van der Waals surface area (Å²) in [5, 5.41) is 5.96. The van der Waals surface area contributed by atoms with Gasteiger partial charge in [0.2, 0.25) is 0 Å². The van der Waals surface area contributed by atoms with Crippen LogP contribution in [0.4, 0.5) is 0 Å². The number of rotatable bonds is 5. The van der Waals surface area contributed by atoms with E-state index in [2.05, 4.69) is 41.4 Å². The first-order chi connectivity index (χ1) is 8.73. The van der Waals surface area contributed by atoms with Crippen molar-refractivity contribution in [3.05, 3.63) is 16.6 Å². The summed E-state index contributed by atoms with van der Waals surface area (Å²) >= 11 is 1.69. The van der Waals surface area contributed by atoms with Crippen LogP contribution in [0.3, 0.4) is 0 Å². The molecule has 0 aromatic carbocycles. The minimum atomic E-state index is 0.307. The predicted molar refractivity (Wildman–Crippen MR) is 77.9 cm³/mol. The van der Waals surface area contributed by atoms with E-state index in [4.69, 9.17) is 0 Å². The molecule has 102 valence electrons. The Labute approximate surface area is 115 Å². The molecular weight excluding hydrogens is 242 g/mol. The van der Waals surface area contributed by atoms with Crippen LogP contribution in [0, 0.1) is 0 Å². The van der Waals surface area contributed by atoms with E-state index >= 15 is 0 Å². The van der Waals surface area contributed by atoms with Crippen molar-refractivity contribution in [3.8, 4) is 0 Å². The SMILES string of the molecule is CCC1CNC(CC)(CC)CN1Cc1cscn1. The molecule has 0 radical (unpaired) electrons. The smallest absolute Gasteiger partial charge is 0.0795 e. The van der Waals surface area contributed by atoms with E-state index in [1.165, 1.54) is 25.0 Å². The number of nitrogens with zero attached hydrogens (tertiary/aromatic N) is 2. The van der Waals surface area contributed by atoms with Crippen LogP contribution in [0.2, 0.25) is 0 Å². The van der Waals surface area contributed by atoms with E-state index in [-0.39, 0.29) is 0 Å². The highest BCUT2D eigenvalue weighted by Crippen LogP contribution is 2.25. The Hall–Kier alpha value is -0.450. The van der Waals surface area contributed by atoms with Gasteiger partial charge in [0.05, 0.1) is 11.2 Å². The zero-order valence-corrected chi connectivity index (χ0v) is 12.6. The van der Waals surface area contributed by atoms with Gasteiger partial charge in [0.15, 0.2) is 0 Å². The fraction of sp³-hybridized carbons (Fsp3) is 0.786. The molecule has 18 heavy (non-hydrogen) atoms. The first-order valence-electron chi connectivity index (χ1n) is 7.09. The van der Waals surface area contributed by atoms with Crippen LogP contribution in [0.25, 0.3) is 0 Å². The van der Waals surface area contributed by atoms with Crippen LogP contribution in [0.15, 0.2) is 10.9 Å². The number of thiazole rings is 1. The molecule has 0 aliphatic carbocycles. The van der Waals surface area contributed by atoms with Crippen molar-refractivity contribution in [1.82, 2.24) is 15.2 Å². The highest BCUT2D eigenvalue weighted by Gasteiger charge is 2.35. The Morgan fingerprint density at radius 2 is 2.22 bits per heavy atom. The molecule has 0 spiro atoms. The summed E-state index contributed by atoms with van der Waals surface area (Å²) in [6, 6.07) is 0.651. The van der Waals surface area contributed by atoms with Gasteiger partial charge in [-0.3, -0.25) is 4.90 Å². The lowest BCUT2D eigenvalue weighted by atomic mass is 9.88. The molecule has 0 saturated carbocycles. The van der Waals surface area contributed by atoms with Crippen molar-refractivity contribution in [2.45, 2.75) is 58.2 Å². The van der Waals surface area contributed by atoms with Gasteiger partial charge in [0.1, 0.15) is 0 Å². The third-order valence-corrected chi connectivity index (χ3v) is 5.04. The fourth-order valence-electron chi connectivity index (χ4n) is 2.87. The molecule has 4 heteroatoms. The molecular formula is C14H25N3S. The van der Waals surface area contributed by atoms with Gasteiger partial charge in [-0.05, 0) is 19.3 Å². The Kier molecular flexibility index (Phi) is 4.76. The van der Waals surface area contributed by atoms with Crippen LogP contribution in [0.5, 0.6) is 0 Å². The molecule has 1 aliphatic heterocycles. The standard InChI is InChI=1S/C14H25N3S/c1-4-13-7-16-14(5-2,6-3)10-17(13)8-12-9-18-11-15-12/h9,11,13,16H,4-8,10H2,1-3H3. The normalized spacial score (nSPS) is 24.3. The van der Waals surface area contributed by atoms with E-state index in [1.807, 2.05) is 5.51 Å². The van der Waals surface area contributed by atoms with E-state index in [9.17, 15) is 0 Å². The molecule has 1 aromatic heterocycles. The molecule has 1 fully saturated rings. The minimum Gasteiger partial charge on any atom is -0.308 e. The number of nitrogens with one attached hydrogen (secondary N) is 1. The van der Waals surface area contributed by atoms with Crippen molar-refractivity contribution in [1.29, 1.82) is 0 Å². The number of piperazine rings is 1. The maximum atomic E-state index is 4.43. The first kappa shape index (κ1) is 14.0. The number of hydrogen-bond acceptors (Lipinski definition) is 4. The van der Waals surface area contributed by atoms with Gasteiger partial charge in [-0.15, -0.1) is 11.3 Å². The average molecular weight is 267 g/mol. The Bertz CT molecular complexity index is 346. The third-order valence-electron chi connectivity index (χ3n) is 4.41. The molecule has 2 heterocycles. The van der Waals surface area contributed by atoms with E-state index in [0.717, 1.165) is 19.6 Å². The van der Waals surface area contributed by atoms with Crippen molar-refractivity contribution in [2.24, 2.45) is 0 Å². The quantitative estimate of drug-likeness (QED) is 0.889. The van der Waals surface area contributed by atoms with Crippen LogP contribution >= 0.6 is 11.3 Å². The van der Waals surface area contributed by atoms with Crippen LogP contribution in [-0.2, 0) is 6.54 Å². The summed E-state index contributed by atoms with van der Waals surface area (Å²) in [7, 11) is 0. The zero-order chi connectivity index (χ0) is 13.0. The first-order valence-corrected chi connectivity index (χ1v) is 8.03. The highest BCUT2D eigenvalue weighted by molar-refractivity contribution is 7.07. The maximum absolute atomic E-state index is 4.43. The summed E-state index contributed by atoms with van der Waals surface area (Å²) in [6.45, 7) is 10.1. The highest BCUT2D eigenvalue weighted by atomic mass is 32.1. The third kappa shape index (κ3) is 2.92.